The average molecular weight is 381 g/mol. The van der Waals surface area contributed by atoms with Gasteiger partial charge in [0.05, 0.1) is 17.6 Å². The molecule has 0 fully saturated rings. The molecule has 1 unspecified atom stereocenters. The molecule has 1 N–H and O–H groups in total. The minimum atomic E-state index is -0.334. The summed E-state index contributed by atoms with van der Waals surface area (Å²) in [6.45, 7) is 2.50. The van der Waals surface area contributed by atoms with Gasteiger partial charge in [0.25, 0.3) is 5.91 Å². The number of hydrogen-bond acceptors (Lipinski definition) is 4. The lowest BCUT2D eigenvalue weighted by Crippen LogP contribution is -2.42. The van der Waals surface area contributed by atoms with Crippen LogP contribution in [0.3, 0.4) is 0 Å². The number of aromatic amines is 1. The molecule has 1 atom stereocenters. The van der Waals surface area contributed by atoms with Gasteiger partial charge in [0, 0.05) is 47.0 Å². The van der Waals surface area contributed by atoms with E-state index in [9.17, 15) is 9.18 Å². The largest absolute Gasteiger partial charge is 0.331 e. The summed E-state index contributed by atoms with van der Waals surface area (Å²) in [6, 6.07) is 4.89. The second-order valence-corrected chi connectivity index (χ2v) is 7.52. The first kappa shape index (κ1) is 16.2. The number of pyridine rings is 1. The Kier molecular flexibility index (Phi) is 3.61. The number of thiazole rings is 1. The SMILES string of the molecule is CC1Cc2[nH]nc(-c3cscn3)c2CN1C(=O)c1cc2ccc(F)cn2c1. The van der Waals surface area contributed by atoms with Crippen LogP contribution in [0.5, 0.6) is 0 Å². The molecular weight excluding hydrogens is 365 g/mol. The van der Waals surface area contributed by atoms with Gasteiger partial charge in [-0.15, -0.1) is 11.3 Å². The summed E-state index contributed by atoms with van der Waals surface area (Å²) < 4.78 is 15.1. The van der Waals surface area contributed by atoms with Crippen molar-refractivity contribution >= 4 is 22.8 Å². The Morgan fingerprint density at radius 3 is 3.07 bits per heavy atom. The Morgan fingerprint density at radius 2 is 2.26 bits per heavy atom. The number of fused-ring (bicyclic) bond motifs is 2. The predicted molar refractivity (Wildman–Crippen MR) is 100 cm³/mol. The summed E-state index contributed by atoms with van der Waals surface area (Å²) in [4.78, 5) is 19.4. The van der Waals surface area contributed by atoms with E-state index in [-0.39, 0.29) is 17.8 Å². The molecule has 6 nitrogen and oxygen atoms in total. The number of amides is 1. The standard InChI is InChI=1S/C19H16FN5OS/c1-11-4-16-15(18(23-22-16)17-9-27-10-21-17)8-25(11)19(26)12-5-14-3-2-13(20)7-24(14)6-12/h2-3,5-7,9-11H,4,8H2,1H3,(H,22,23). The van der Waals surface area contributed by atoms with Crippen LogP contribution in [-0.2, 0) is 13.0 Å². The van der Waals surface area contributed by atoms with Crippen LogP contribution >= 0.6 is 11.3 Å². The van der Waals surface area contributed by atoms with Crippen LogP contribution in [0.4, 0.5) is 4.39 Å². The molecule has 27 heavy (non-hydrogen) atoms. The minimum absolute atomic E-state index is 0.0356. The smallest absolute Gasteiger partial charge is 0.255 e. The third-order valence-electron chi connectivity index (χ3n) is 5.05. The molecule has 0 radical (unpaired) electrons. The number of nitrogens with zero attached hydrogens (tertiary/aromatic N) is 4. The van der Waals surface area contributed by atoms with Crippen molar-refractivity contribution in [3.8, 4) is 11.4 Å². The van der Waals surface area contributed by atoms with Gasteiger partial charge in [-0.2, -0.15) is 5.10 Å². The second-order valence-electron chi connectivity index (χ2n) is 6.80. The van der Waals surface area contributed by atoms with Gasteiger partial charge in [0.2, 0.25) is 0 Å². The molecule has 5 rings (SSSR count). The summed E-state index contributed by atoms with van der Waals surface area (Å²) >= 11 is 1.52. The zero-order valence-electron chi connectivity index (χ0n) is 14.5. The fourth-order valence-corrected chi connectivity index (χ4v) is 4.19. The molecule has 1 amide bonds. The Bertz CT molecular complexity index is 1150. The molecule has 4 aromatic heterocycles. The molecule has 136 valence electrons. The van der Waals surface area contributed by atoms with Gasteiger partial charge in [-0.25, -0.2) is 9.37 Å². The first-order chi connectivity index (χ1) is 13.1. The van der Waals surface area contributed by atoms with E-state index in [1.807, 2.05) is 17.2 Å². The van der Waals surface area contributed by atoms with Crippen molar-refractivity contribution in [1.82, 2.24) is 24.5 Å². The maximum absolute atomic E-state index is 13.4. The highest BCUT2D eigenvalue weighted by Gasteiger charge is 2.32. The van der Waals surface area contributed by atoms with Crippen LogP contribution in [0.15, 0.2) is 41.5 Å². The van der Waals surface area contributed by atoms with Crippen molar-refractivity contribution in [2.45, 2.75) is 25.9 Å². The molecule has 0 aliphatic carbocycles. The van der Waals surface area contributed by atoms with Crippen LogP contribution in [0.25, 0.3) is 16.9 Å². The zero-order valence-corrected chi connectivity index (χ0v) is 15.3. The highest BCUT2D eigenvalue weighted by Crippen LogP contribution is 2.31. The van der Waals surface area contributed by atoms with E-state index in [0.29, 0.717) is 18.5 Å². The molecule has 1 aliphatic heterocycles. The Labute approximate surface area is 158 Å². The zero-order chi connectivity index (χ0) is 18.5. The van der Waals surface area contributed by atoms with E-state index in [4.69, 9.17) is 0 Å². The summed E-state index contributed by atoms with van der Waals surface area (Å²) in [7, 11) is 0. The van der Waals surface area contributed by atoms with Gasteiger partial charge in [-0.3, -0.25) is 9.89 Å². The van der Waals surface area contributed by atoms with Gasteiger partial charge < -0.3 is 9.30 Å². The lowest BCUT2D eigenvalue weighted by atomic mass is 9.98. The third-order valence-corrected chi connectivity index (χ3v) is 5.64. The summed E-state index contributed by atoms with van der Waals surface area (Å²) in [5, 5.41) is 9.48. The van der Waals surface area contributed by atoms with E-state index in [1.54, 1.807) is 28.2 Å². The first-order valence-corrected chi connectivity index (χ1v) is 9.57. The van der Waals surface area contributed by atoms with Gasteiger partial charge >= 0.3 is 0 Å². The molecule has 0 bridgehead atoms. The van der Waals surface area contributed by atoms with Crippen LogP contribution in [0.2, 0.25) is 0 Å². The monoisotopic (exact) mass is 381 g/mol. The van der Waals surface area contributed by atoms with E-state index in [2.05, 4.69) is 15.2 Å². The molecule has 0 spiro atoms. The second kappa shape index (κ2) is 6.02. The lowest BCUT2D eigenvalue weighted by Gasteiger charge is -2.33. The fourth-order valence-electron chi connectivity index (χ4n) is 3.65. The number of aromatic nitrogens is 4. The number of H-pyrrole nitrogens is 1. The van der Waals surface area contributed by atoms with Gasteiger partial charge in [0.1, 0.15) is 17.2 Å². The van der Waals surface area contributed by atoms with E-state index < -0.39 is 0 Å². The fraction of sp³-hybridized carbons (Fsp3) is 0.211. The quantitative estimate of drug-likeness (QED) is 0.578. The Balaban J connectivity index is 1.50. The van der Waals surface area contributed by atoms with Crippen LogP contribution < -0.4 is 0 Å². The van der Waals surface area contributed by atoms with Crippen molar-refractivity contribution < 1.29 is 9.18 Å². The Morgan fingerprint density at radius 1 is 1.37 bits per heavy atom. The number of rotatable bonds is 2. The molecule has 5 heterocycles. The number of carbonyl (C=O) groups excluding carboxylic acids is 1. The molecule has 0 saturated heterocycles. The van der Waals surface area contributed by atoms with Crippen molar-refractivity contribution in [3.05, 3.63) is 64.1 Å². The van der Waals surface area contributed by atoms with Gasteiger partial charge in [-0.05, 0) is 25.1 Å². The lowest BCUT2D eigenvalue weighted by molar-refractivity contribution is 0.0658. The summed E-state index contributed by atoms with van der Waals surface area (Å²) in [5.74, 6) is -0.401. The minimum Gasteiger partial charge on any atom is -0.331 e. The Hall–Kier alpha value is -3.00. The van der Waals surface area contributed by atoms with Crippen LogP contribution in [0, 0.1) is 5.82 Å². The van der Waals surface area contributed by atoms with Gasteiger partial charge in [-0.1, -0.05) is 0 Å². The highest BCUT2D eigenvalue weighted by atomic mass is 32.1. The predicted octanol–water partition coefficient (Wildman–Crippen LogP) is 3.51. The normalized spacial score (nSPS) is 16.7. The van der Waals surface area contributed by atoms with Crippen LogP contribution in [0.1, 0.15) is 28.5 Å². The summed E-state index contributed by atoms with van der Waals surface area (Å²) in [5.41, 5.74) is 6.81. The molecule has 1 aliphatic rings. The number of nitrogens with one attached hydrogen (secondary N) is 1. The van der Waals surface area contributed by atoms with Crippen molar-refractivity contribution in [2.24, 2.45) is 0 Å². The molecule has 4 aromatic rings. The van der Waals surface area contributed by atoms with Gasteiger partial charge in [0.15, 0.2) is 0 Å². The van der Waals surface area contributed by atoms with Crippen molar-refractivity contribution in [3.63, 3.8) is 0 Å². The van der Waals surface area contributed by atoms with E-state index >= 15 is 0 Å². The third kappa shape index (κ3) is 2.64. The van der Waals surface area contributed by atoms with Crippen LogP contribution in [-0.4, -0.2) is 36.4 Å². The molecular formula is C19H16FN5OS. The topological polar surface area (TPSA) is 66.3 Å². The summed E-state index contributed by atoms with van der Waals surface area (Å²) in [6.07, 6.45) is 3.76. The molecule has 0 saturated carbocycles. The first-order valence-electron chi connectivity index (χ1n) is 8.63. The molecule has 0 aromatic carbocycles. The van der Waals surface area contributed by atoms with E-state index in [0.717, 1.165) is 28.2 Å². The number of halogens is 1. The maximum Gasteiger partial charge on any atom is 0.255 e. The number of hydrogen-bond donors (Lipinski definition) is 1. The number of carbonyl (C=O) groups is 1. The average Bonchev–Trinajstić information content (AvgIpc) is 3.38. The van der Waals surface area contributed by atoms with E-state index in [1.165, 1.54) is 23.6 Å². The maximum atomic E-state index is 13.4. The molecule has 8 heteroatoms. The highest BCUT2D eigenvalue weighted by molar-refractivity contribution is 7.07. The van der Waals surface area contributed by atoms with Crippen molar-refractivity contribution in [1.29, 1.82) is 0 Å². The van der Waals surface area contributed by atoms with Crippen molar-refractivity contribution in [2.75, 3.05) is 0 Å².